The second-order valence-electron chi connectivity index (χ2n) is 5.51. The molecule has 0 amide bonds. The minimum atomic E-state index is -0.359. The molecule has 104 valence electrons. The summed E-state index contributed by atoms with van der Waals surface area (Å²) in [6, 6.07) is 20.9. The summed E-state index contributed by atoms with van der Waals surface area (Å²) in [7, 11) is 0. The van der Waals surface area contributed by atoms with E-state index in [0.717, 1.165) is 25.9 Å². The van der Waals surface area contributed by atoms with Gasteiger partial charge in [0.2, 0.25) is 0 Å². The molecule has 1 unspecified atom stereocenters. The Morgan fingerprint density at radius 1 is 0.850 bits per heavy atom. The smallest absolute Gasteiger partial charge is 0.0690 e. The van der Waals surface area contributed by atoms with Crippen molar-refractivity contribution in [1.82, 2.24) is 5.32 Å². The van der Waals surface area contributed by atoms with E-state index in [4.69, 9.17) is 0 Å². The number of nitrogens with one attached hydrogen (secondary N) is 1. The van der Waals surface area contributed by atoms with E-state index >= 15 is 0 Å². The van der Waals surface area contributed by atoms with Crippen LogP contribution in [0, 0.1) is 0 Å². The standard InChI is InChI=1S/C18H21NO/c20-17-11-13-19-14-12-18(17,15-7-3-1-4-8-15)16-9-5-2-6-10-16/h1-10,17,19-20H,11-14H2. The summed E-state index contributed by atoms with van der Waals surface area (Å²) < 4.78 is 0. The van der Waals surface area contributed by atoms with Crippen molar-refractivity contribution in [2.45, 2.75) is 24.4 Å². The summed E-state index contributed by atoms with van der Waals surface area (Å²) in [6.45, 7) is 1.81. The zero-order chi connectivity index (χ0) is 13.8. The van der Waals surface area contributed by atoms with Gasteiger partial charge >= 0.3 is 0 Å². The molecule has 3 rings (SSSR count). The van der Waals surface area contributed by atoms with Gasteiger partial charge in [-0.25, -0.2) is 0 Å². The molecule has 2 aromatic rings. The summed E-state index contributed by atoms with van der Waals surface area (Å²) in [5.74, 6) is 0. The van der Waals surface area contributed by atoms with E-state index in [1.54, 1.807) is 0 Å². The molecule has 1 saturated heterocycles. The lowest BCUT2D eigenvalue weighted by Crippen LogP contribution is -2.40. The maximum Gasteiger partial charge on any atom is 0.0690 e. The molecule has 1 aliphatic heterocycles. The average molecular weight is 267 g/mol. The van der Waals surface area contributed by atoms with Crippen molar-refractivity contribution in [2.24, 2.45) is 0 Å². The first-order valence-electron chi connectivity index (χ1n) is 7.34. The number of aliphatic hydroxyl groups is 1. The fraction of sp³-hybridized carbons (Fsp3) is 0.333. The molecule has 0 aliphatic carbocycles. The van der Waals surface area contributed by atoms with Crippen LogP contribution in [0.1, 0.15) is 24.0 Å². The van der Waals surface area contributed by atoms with Gasteiger partial charge in [-0.1, -0.05) is 60.7 Å². The van der Waals surface area contributed by atoms with E-state index in [1.807, 2.05) is 12.1 Å². The molecule has 2 aromatic carbocycles. The molecule has 0 bridgehead atoms. The third kappa shape index (κ3) is 2.26. The van der Waals surface area contributed by atoms with Crippen LogP contribution in [-0.2, 0) is 5.41 Å². The maximum atomic E-state index is 10.9. The monoisotopic (exact) mass is 267 g/mol. The second kappa shape index (κ2) is 5.78. The first kappa shape index (κ1) is 13.3. The van der Waals surface area contributed by atoms with Gasteiger partial charge in [0.15, 0.2) is 0 Å². The molecule has 0 saturated carbocycles. The minimum Gasteiger partial charge on any atom is -0.392 e. The van der Waals surface area contributed by atoms with Gasteiger partial charge in [-0.15, -0.1) is 0 Å². The Kier molecular flexibility index (Phi) is 3.86. The first-order chi connectivity index (χ1) is 9.84. The Morgan fingerprint density at radius 3 is 1.95 bits per heavy atom. The molecular formula is C18H21NO. The number of benzene rings is 2. The Hall–Kier alpha value is -1.64. The van der Waals surface area contributed by atoms with Crippen molar-refractivity contribution >= 4 is 0 Å². The third-order valence-corrected chi connectivity index (χ3v) is 4.44. The average Bonchev–Trinajstić information content (AvgIpc) is 2.72. The van der Waals surface area contributed by atoms with Crippen molar-refractivity contribution in [1.29, 1.82) is 0 Å². The molecule has 20 heavy (non-hydrogen) atoms. The number of rotatable bonds is 2. The Morgan fingerprint density at radius 2 is 1.40 bits per heavy atom. The van der Waals surface area contributed by atoms with Gasteiger partial charge in [-0.05, 0) is 37.1 Å². The molecule has 1 atom stereocenters. The van der Waals surface area contributed by atoms with Crippen LogP contribution in [0.5, 0.6) is 0 Å². The predicted octanol–water partition coefficient (Wildman–Crippen LogP) is 2.72. The summed E-state index contributed by atoms with van der Waals surface area (Å²) in [5, 5.41) is 14.3. The van der Waals surface area contributed by atoms with Gasteiger partial charge in [0.25, 0.3) is 0 Å². The van der Waals surface area contributed by atoms with Crippen LogP contribution in [0.15, 0.2) is 60.7 Å². The van der Waals surface area contributed by atoms with E-state index in [1.165, 1.54) is 11.1 Å². The Balaban J connectivity index is 2.16. The van der Waals surface area contributed by atoms with Gasteiger partial charge in [-0.3, -0.25) is 0 Å². The van der Waals surface area contributed by atoms with Crippen molar-refractivity contribution < 1.29 is 5.11 Å². The van der Waals surface area contributed by atoms with Gasteiger partial charge < -0.3 is 10.4 Å². The summed E-state index contributed by atoms with van der Waals surface area (Å²) in [4.78, 5) is 0. The molecule has 1 fully saturated rings. The van der Waals surface area contributed by atoms with Crippen LogP contribution in [0.3, 0.4) is 0 Å². The predicted molar refractivity (Wildman–Crippen MR) is 81.8 cm³/mol. The van der Waals surface area contributed by atoms with Crippen molar-refractivity contribution in [3.05, 3.63) is 71.8 Å². The quantitative estimate of drug-likeness (QED) is 0.877. The molecule has 2 heteroatoms. The molecule has 2 nitrogen and oxygen atoms in total. The topological polar surface area (TPSA) is 32.3 Å². The normalized spacial score (nSPS) is 22.1. The first-order valence-corrected chi connectivity index (χ1v) is 7.34. The molecule has 1 aliphatic rings. The Bertz CT molecular complexity index is 498. The van der Waals surface area contributed by atoms with Crippen molar-refractivity contribution in [2.75, 3.05) is 13.1 Å². The van der Waals surface area contributed by atoms with Crippen LogP contribution < -0.4 is 5.32 Å². The van der Waals surface area contributed by atoms with E-state index in [9.17, 15) is 5.11 Å². The van der Waals surface area contributed by atoms with Crippen LogP contribution in [0.2, 0.25) is 0 Å². The summed E-state index contributed by atoms with van der Waals surface area (Å²) in [5.41, 5.74) is 2.12. The van der Waals surface area contributed by atoms with Crippen LogP contribution in [0.25, 0.3) is 0 Å². The van der Waals surface area contributed by atoms with E-state index in [0.29, 0.717) is 0 Å². The highest BCUT2D eigenvalue weighted by Crippen LogP contribution is 2.40. The lowest BCUT2D eigenvalue weighted by molar-refractivity contribution is 0.0984. The van der Waals surface area contributed by atoms with Crippen molar-refractivity contribution in [3.8, 4) is 0 Å². The SMILES string of the molecule is OC1CCNCCC1(c1ccccc1)c1ccccc1. The van der Waals surface area contributed by atoms with Gasteiger partial charge in [0, 0.05) is 5.41 Å². The van der Waals surface area contributed by atoms with E-state index < -0.39 is 0 Å². The second-order valence-corrected chi connectivity index (χ2v) is 5.51. The Labute approximate surface area is 120 Å². The highest BCUT2D eigenvalue weighted by molar-refractivity contribution is 5.41. The molecule has 0 aromatic heterocycles. The molecule has 0 spiro atoms. The largest absolute Gasteiger partial charge is 0.392 e. The number of hydrogen-bond acceptors (Lipinski definition) is 2. The maximum absolute atomic E-state index is 10.9. The molecule has 0 radical (unpaired) electrons. The van der Waals surface area contributed by atoms with Gasteiger partial charge in [0.1, 0.15) is 0 Å². The van der Waals surface area contributed by atoms with Crippen LogP contribution in [-0.4, -0.2) is 24.3 Å². The number of hydrogen-bond donors (Lipinski definition) is 2. The zero-order valence-electron chi connectivity index (χ0n) is 11.6. The van der Waals surface area contributed by atoms with E-state index in [2.05, 4.69) is 53.8 Å². The molecule has 2 N–H and O–H groups in total. The van der Waals surface area contributed by atoms with Gasteiger partial charge in [0.05, 0.1) is 6.10 Å². The zero-order valence-corrected chi connectivity index (χ0v) is 11.6. The number of aliphatic hydroxyl groups excluding tert-OH is 1. The fourth-order valence-corrected chi connectivity index (χ4v) is 3.37. The van der Waals surface area contributed by atoms with Crippen molar-refractivity contribution in [3.63, 3.8) is 0 Å². The van der Waals surface area contributed by atoms with Crippen LogP contribution in [0.4, 0.5) is 0 Å². The summed E-state index contributed by atoms with van der Waals surface area (Å²) in [6.07, 6.45) is 1.34. The third-order valence-electron chi connectivity index (χ3n) is 4.44. The van der Waals surface area contributed by atoms with Gasteiger partial charge in [-0.2, -0.15) is 0 Å². The highest BCUT2D eigenvalue weighted by atomic mass is 16.3. The molecule has 1 heterocycles. The fourth-order valence-electron chi connectivity index (χ4n) is 3.37. The lowest BCUT2D eigenvalue weighted by Gasteiger charge is -2.38. The molecular weight excluding hydrogens is 246 g/mol. The minimum absolute atomic E-state index is 0.300. The van der Waals surface area contributed by atoms with E-state index in [-0.39, 0.29) is 11.5 Å². The highest BCUT2D eigenvalue weighted by Gasteiger charge is 2.41. The summed E-state index contributed by atoms with van der Waals surface area (Å²) >= 11 is 0. The lowest BCUT2D eigenvalue weighted by atomic mass is 9.68. The van der Waals surface area contributed by atoms with Crippen LogP contribution >= 0.6 is 0 Å².